The van der Waals surface area contributed by atoms with Gasteiger partial charge in [-0.3, -0.25) is 0 Å². The highest BCUT2D eigenvalue weighted by Gasteiger charge is 2.38. The number of nitrogens with zero attached hydrogens (tertiary/aromatic N) is 3. The zero-order valence-electron chi connectivity index (χ0n) is 16.0. The third-order valence-corrected chi connectivity index (χ3v) is 5.81. The molecule has 1 aromatic carbocycles. The summed E-state index contributed by atoms with van der Waals surface area (Å²) in [4.78, 5) is 17.2. The summed E-state index contributed by atoms with van der Waals surface area (Å²) < 4.78 is 29.7. The third-order valence-electron chi connectivity index (χ3n) is 5.81. The number of benzene rings is 1. The molecule has 1 aliphatic heterocycles. The predicted molar refractivity (Wildman–Crippen MR) is 99.7 cm³/mol. The quantitative estimate of drug-likeness (QED) is 0.846. The van der Waals surface area contributed by atoms with Gasteiger partial charge < -0.3 is 10.6 Å². The van der Waals surface area contributed by atoms with Gasteiger partial charge in [-0.1, -0.05) is 25.3 Å². The molecular weight excluding hydrogens is 364 g/mol. The second kappa shape index (κ2) is 7.48. The molecule has 1 saturated carbocycles. The maximum Gasteiger partial charge on any atom is 0.315 e. The first-order valence-corrected chi connectivity index (χ1v) is 9.90. The van der Waals surface area contributed by atoms with Crippen LogP contribution in [0.3, 0.4) is 0 Å². The van der Waals surface area contributed by atoms with E-state index in [0.717, 1.165) is 49.8 Å². The number of aryl methyl sites for hydroxylation is 2. The number of rotatable bonds is 3. The summed E-state index contributed by atoms with van der Waals surface area (Å²) in [5, 5.41) is 10.4. The predicted octanol–water partition coefficient (Wildman–Crippen LogP) is 3.34. The molecule has 2 N–H and O–H groups in total. The van der Waals surface area contributed by atoms with Crippen LogP contribution in [0, 0.1) is 18.6 Å². The Hall–Kier alpha value is -2.51. The minimum atomic E-state index is -0.802. The minimum Gasteiger partial charge on any atom is -0.334 e. The van der Waals surface area contributed by atoms with Crippen LogP contribution in [0.1, 0.15) is 55.7 Å². The maximum absolute atomic E-state index is 14.5. The van der Waals surface area contributed by atoms with Gasteiger partial charge in [-0.15, -0.1) is 0 Å². The third kappa shape index (κ3) is 3.72. The fraction of sp³-hybridized carbons (Fsp3) is 0.550. The van der Waals surface area contributed by atoms with Crippen molar-refractivity contribution in [3.05, 3.63) is 47.0 Å². The number of aromatic nitrogens is 3. The van der Waals surface area contributed by atoms with Gasteiger partial charge in [0.05, 0.1) is 18.1 Å². The van der Waals surface area contributed by atoms with Crippen molar-refractivity contribution in [1.82, 2.24) is 25.4 Å². The summed E-state index contributed by atoms with van der Waals surface area (Å²) >= 11 is 0. The Balaban J connectivity index is 1.49. The number of hydrogen-bond donors (Lipinski definition) is 2. The molecule has 0 spiro atoms. The van der Waals surface area contributed by atoms with E-state index < -0.39 is 17.2 Å². The molecule has 8 heteroatoms. The molecule has 150 valence electrons. The summed E-state index contributed by atoms with van der Waals surface area (Å²) in [6, 6.07) is 3.22. The van der Waals surface area contributed by atoms with Gasteiger partial charge in [0.1, 0.15) is 23.3 Å². The molecule has 0 radical (unpaired) electrons. The second-order valence-corrected chi connectivity index (χ2v) is 7.86. The lowest BCUT2D eigenvalue weighted by Crippen LogP contribution is -2.54. The fourth-order valence-corrected chi connectivity index (χ4v) is 4.48. The molecule has 1 unspecified atom stereocenters. The van der Waals surface area contributed by atoms with Crippen molar-refractivity contribution < 1.29 is 13.6 Å². The number of amides is 2. The summed E-state index contributed by atoms with van der Waals surface area (Å²) in [7, 11) is 0. The molecular formula is C20H25F2N5O. The van der Waals surface area contributed by atoms with Gasteiger partial charge in [0.15, 0.2) is 0 Å². The molecule has 6 nitrogen and oxygen atoms in total. The molecule has 0 bridgehead atoms. The van der Waals surface area contributed by atoms with Gasteiger partial charge in [-0.2, -0.15) is 5.10 Å². The van der Waals surface area contributed by atoms with Crippen LogP contribution in [0.2, 0.25) is 0 Å². The zero-order valence-corrected chi connectivity index (χ0v) is 16.0. The lowest BCUT2D eigenvalue weighted by atomic mass is 9.76. The number of halogens is 2. The van der Waals surface area contributed by atoms with Crippen LogP contribution in [0.4, 0.5) is 13.6 Å². The highest BCUT2D eigenvalue weighted by molar-refractivity contribution is 5.75. The Morgan fingerprint density at radius 2 is 2.04 bits per heavy atom. The average Bonchev–Trinajstić information content (AvgIpc) is 3.01. The van der Waals surface area contributed by atoms with E-state index in [9.17, 15) is 13.6 Å². The van der Waals surface area contributed by atoms with E-state index in [1.807, 2.05) is 11.6 Å². The Labute approximate surface area is 162 Å². The van der Waals surface area contributed by atoms with Crippen molar-refractivity contribution in [3.8, 4) is 0 Å². The van der Waals surface area contributed by atoms with Gasteiger partial charge in [0, 0.05) is 18.1 Å². The SMILES string of the molecule is Cc1nc2n(n1)CC(NC(=O)NC1(c3ccc(F)cc3F)CCCCC1)CC2. The molecule has 1 aromatic heterocycles. The highest BCUT2D eigenvalue weighted by atomic mass is 19.1. The van der Waals surface area contributed by atoms with E-state index in [2.05, 4.69) is 20.7 Å². The van der Waals surface area contributed by atoms with Crippen LogP contribution in [0.25, 0.3) is 0 Å². The molecule has 2 heterocycles. The van der Waals surface area contributed by atoms with Gasteiger partial charge in [-0.05, 0) is 32.3 Å². The first-order valence-electron chi connectivity index (χ1n) is 9.90. The van der Waals surface area contributed by atoms with E-state index in [-0.39, 0.29) is 12.1 Å². The fourth-order valence-electron chi connectivity index (χ4n) is 4.48. The van der Waals surface area contributed by atoms with Gasteiger partial charge in [-0.25, -0.2) is 23.2 Å². The van der Waals surface area contributed by atoms with Crippen LogP contribution in [0.5, 0.6) is 0 Å². The number of nitrogens with one attached hydrogen (secondary N) is 2. The molecule has 1 atom stereocenters. The summed E-state index contributed by atoms with van der Waals surface area (Å²) in [5.41, 5.74) is -0.439. The maximum atomic E-state index is 14.5. The Bertz CT molecular complexity index is 875. The standard InChI is InChI=1S/C20H25F2N5O/c1-13-23-18-8-6-15(12-27(18)26-13)24-19(28)25-20(9-3-2-4-10-20)16-7-5-14(21)11-17(16)22/h5,7,11,15H,2-4,6,8-10,12H2,1H3,(H2,24,25,28). The number of fused-ring (bicyclic) bond motifs is 1. The zero-order chi connectivity index (χ0) is 19.7. The van der Waals surface area contributed by atoms with E-state index >= 15 is 0 Å². The van der Waals surface area contributed by atoms with E-state index in [4.69, 9.17) is 0 Å². The average molecular weight is 389 g/mol. The molecule has 0 saturated heterocycles. The van der Waals surface area contributed by atoms with Gasteiger partial charge >= 0.3 is 6.03 Å². The summed E-state index contributed by atoms with van der Waals surface area (Å²) in [5.74, 6) is 0.446. The van der Waals surface area contributed by atoms with Crippen LogP contribution >= 0.6 is 0 Å². The largest absolute Gasteiger partial charge is 0.334 e. The second-order valence-electron chi connectivity index (χ2n) is 7.86. The lowest BCUT2D eigenvalue weighted by molar-refractivity contribution is 0.193. The Morgan fingerprint density at radius 3 is 2.79 bits per heavy atom. The Kier molecular flexibility index (Phi) is 5.03. The van der Waals surface area contributed by atoms with Crippen LogP contribution in [-0.4, -0.2) is 26.8 Å². The molecule has 2 aromatic rings. The van der Waals surface area contributed by atoms with Crippen molar-refractivity contribution >= 4 is 6.03 Å². The van der Waals surface area contributed by atoms with Crippen molar-refractivity contribution in [1.29, 1.82) is 0 Å². The number of carbonyl (C=O) groups is 1. The molecule has 4 rings (SSSR count). The molecule has 1 fully saturated rings. The van der Waals surface area contributed by atoms with Gasteiger partial charge in [0.2, 0.25) is 0 Å². The summed E-state index contributed by atoms with van der Waals surface area (Å²) in [6.07, 6.45) is 5.64. The summed E-state index contributed by atoms with van der Waals surface area (Å²) in [6.45, 7) is 2.42. The van der Waals surface area contributed by atoms with Crippen molar-refractivity contribution in [3.63, 3.8) is 0 Å². The number of urea groups is 1. The van der Waals surface area contributed by atoms with E-state index in [1.54, 1.807) is 0 Å². The lowest BCUT2D eigenvalue weighted by Gasteiger charge is -2.39. The number of hydrogen-bond acceptors (Lipinski definition) is 3. The smallest absolute Gasteiger partial charge is 0.315 e. The molecule has 1 aliphatic carbocycles. The van der Waals surface area contributed by atoms with Crippen LogP contribution < -0.4 is 10.6 Å². The van der Waals surface area contributed by atoms with Gasteiger partial charge in [0.25, 0.3) is 0 Å². The van der Waals surface area contributed by atoms with Crippen molar-refractivity contribution in [2.45, 2.75) is 70.0 Å². The van der Waals surface area contributed by atoms with Crippen molar-refractivity contribution in [2.24, 2.45) is 0 Å². The van der Waals surface area contributed by atoms with Crippen LogP contribution in [0.15, 0.2) is 18.2 Å². The number of carbonyl (C=O) groups excluding carboxylic acids is 1. The topological polar surface area (TPSA) is 71.8 Å². The minimum absolute atomic E-state index is 0.0627. The highest BCUT2D eigenvalue weighted by Crippen LogP contribution is 2.38. The van der Waals surface area contributed by atoms with Crippen molar-refractivity contribution in [2.75, 3.05) is 0 Å². The van der Waals surface area contributed by atoms with E-state index in [0.29, 0.717) is 24.9 Å². The molecule has 2 amide bonds. The van der Waals surface area contributed by atoms with E-state index in [1.165, 1.54) is 12.1 Å². The molecule has 28 heavy (non-hydrogen) atoms. The first-order chi connectivity index (χ1) is 13.4. The molecule has 2 aliphatic rings. The van der Waals surface area contributed by atoms with Crippen LogP contribution in [-0.2, 0) is 18.5 Å². The monoisotopic (exact) mass is 389 g/mol. The Morgan fingerprint density at radius 1 is 1.25 bits per heavy atom. The first kappa shape index (κ1) is 18.8. The normalized spacial score (nSPS) is 21.0.